The smallest absolute Gasteiger partial charge is 0.305 e. The molecule has 0 saturated carbocycles. The molecule has 28 heavy (non-hydrogen) atoms. The molecule has 0 aliphatic carbocycles. The van der Waals surface area contributed by atoms with Gasteiger partial charge in [0, 0.05) is 24.2 Å². The zero-order valence-corrected chi connectivity index (χ0v) is 15.7. The first-order valence-corrected chi connectivity index (χ1v) is 9.04. The van der Waals surface area contributed by atoms with Crippen molar-refractivity contribution in [3.8, 4) is 5.75 Å². The summed E-state index contributed by atoms with van der Waals surface area (Å²) in [6, 6.07) is 14.1. The third-order valence-corrected chi connectivity index (χ3v) is 3.95. The largest absolute Gasteiger partial charge is 0.493 e. The molecule has 0 aliphatic heterocycles. The quantitative estimate of drug-likeness (QED) is 0.546. The first-order chi connectivity index (χ1) is 13.5. The molecule has 2 aromatic rings. The average molecular weight is 384 g/mol. The Balaban J connectivity index is 1.71. The Morgan fingerprint density at radius 3 is 2.39 bits per heavy atom. The van der Waals surface area contributed by atoms with E-state index in [1.807, 2.05) is 31.2 Å². The van der Waals surface area contributed by atoms with Crippen LogP contribution in [0, 0.1) is 6.92 Å². The van der Waals surface area contributed by atoms with Gasteiger partial charge in [-0.3, -0.25) is 14.4 Å². The van der Waals surface area contributed by atoms with Gasteiger partial charge >= 0.3 is 5.97 Å². The van der Waals surface area contributed by atoms with E-state index in [2.05, 4.69) is 10.6 Å². The summed E-state index contributed by atoms with van der Waals surface area (Å²) >= 11 is 0. The van der Waals surface area contributed by atoms with Gasteiger partial charge in [-0.15, -0.1) is 0 Å². The molecular formula is C21H24N2O5. The van der Waals surface area contributed by atoms with E-state index in [1.54, 1.807) is 24.3 Å². The first-order valence-electron chi connectivity index (χ1n) is 9.04. The molecule has 0 aliphatic rings. The number of hydrogen-bond donors (Lipinski definition) is 3. The summed E-state index contributed by atoms with van der Waals surface area (Å²) in [6.07, 6.45) is 0.779. The molecule has 2 rings (SSSR count). The second kappa shape index (κ2) is 10.7. The molecule has 148 valence electrons. The normalized spacial score (nSPS) is 10.2. The molecule has 0 aromatic heterocycles. The average Bonchev–Trinajstić information content (AvgIpc) is 2.66. The number of amides is 2. The van der Waals surface area contributed by atoms with Gasteiger partial charge in [-0.2, -0.15) is 0 Å². The highest BCUT2D eigenvalue weighted by molar-refractivity contribution is 5.95. The van der Waals surface area contributed by atoms with E-state index in [0.29, 0.717) is 30.7 Å². The van der Waals surface area contributed by atoms with Crippen LogP contribution in [0.1, 0.15) is 35.2 Å². The lowest BCUT2D eigenvalue weighted by Gasteiger charge is -2.09. The van der Waals surface area contributed by atoms with Crippen LogP contribution in [-0.4, -0.2) is 36.0 Å². The number of aryl methyl sites for hydroxylation is 1. The predicted molar refractivity (Wildman–Crippen MR) is 106 cm³/mol. The van der Waals surface area contributed by atoms with E-state index >= 15 is 0 Å². The van der Waals surface area contributed by atoms with Crippen molar-refractivity contribution in [2.75, 3.05) is 18.5 Å². The Bertz CT molecular complexity index is 818. The summed E-state index contributed by atoms with van der Waals surface area (Å²) in [7, 11) is 0. The van der Waals surface area contributed by atoms with Crippen molar-refractivity contribution in [3.05, 3.63) is 59.7 Å². The van der Waals surface area contributed by atoms with Crippen LogP contribution in [-0.2, 0) is 9.59 Å². The van der Waals surface area contributed by atoms with Crippen LogP contribution in [0.25, 0.3) is 0 Å². The summed E-state index contributed by atoms with van der Waals surface area (Å²) < 4.78 is 5.67. The number of ether oxygens (including phenoxy) is 1. The fourth-order valence-electron chi connectivity index (χ4n) is 2.45. The zero-order valence-electron chi connectivity index (χ0n) is 15.7. The van der Waals surface area contributed by atoms with Gasteiger partial charge in [-0.05, 0) is 49.2 Å². The number of benzene rings is 2. The van der Waals surface area contributed by atoms with E-state index in [9.17, 15) is 14.4 Å². The molecule has 7 heteroatoms. The molecule has 0 bridgehead atoms. The van der Waals surface area contributed by atoms with E-state index in [1.165, 1.54) is 0 Å². The van der Waals surface area contributed by atoms with E-state index in [-0.39, 0.29) is 24.8 Å². The zero-order chi connectivity index (χ0) is 20.4. The fourth-order valence-corrected chi connectivity index (χ4v) is 2.45. The number of anilines is 1. The highest BCUT2D eigenvalue weighted by atomic mass is 16.5. The van der Waals surface area contributed by atoms with Crippen LogP contribution < -0.4 is 15.4 Å². The maximum absolute atomic E-state index is 12.0. The van der Waals surface area contributed by atoms with Gasteiger partial charge in [-0.1, -0.05) is 18.2 Å². The molecule has 0 unspecified atom stereocenters. The second-order valence-electron chi connectivity index (χ2n) is 6.24. The van der Waals surface area contributed by atoms with Gasteiger partial charge in [0.25, 0.3) is 5.91 Å². The Morgan fingerprint density at radius 2 is 1.71 bits per heavy atom. The van der Waals surface area contributed by atoms with E-state index in [0.717, 1.165) is 11.3 Å². The highest BCUT2D eigenvalue weighted by Gasteiger charge is 2.08. The number of carboxylic acid groups (broad SMARTS) is 1. The maximum atomic E-state index is 12.0. The molecule has 0 fully saturated rings. The van der Waals surface area contributed by atoms with Crippen molar-refractivity contribution >= 4 is 23.5 Å². The Hall–Kier alpha value is -3.35. The Labute approximate surface area is 163 Å². The molecule has 0 radical (unpaired) electrons. The van der Waals surface area contributed by atoms with Crippen molar-refractivity contribution in [2.24, 2.45) is 0 Å². The summed E-state index contributed by atoms with van der Waals surface area (Å²) in [5.41, 5.74) is 2.04. The number of aliphatic carboxylic acids is 1. The van der Waals surface area contributed by atoms with Gasteiger partial charge in [0.1, 0.15) is 5.75 Å². The van der Waals surface area contributed by atoms with Crippen molar-refractivity contribution in [3.63, 3.8) is 0 Å². The minimum Gasteiger partial charge on any atom is -0.493 e. The SMILES string of the molecule is Cc1ccccc1OCCCC(=O)Nc1ccc(C(=O)NCCC(=O)O)cc1. The number of carbonyl (C=O) groups is 3. The predicted octanol–water partition coefficient (Wildman–Crippen LogP) is 3.00. The summed E-state index contributed by atoms with van der Waals surface area (Å²) in [6.45, 7) is 2.49. The lowest BCUT2D eigenvalue weighted by molar-refractivity contribution is -0.136. The minimum atomic E-state index is -0.970. The number of rotatable bonds is 10. The Kier molecular flexibility index (Phi) is 8.02. The van der Waals surface area contributed by atoms with Gasteiger partial charge in [-0.25, -0.2) is 0 Å². The van der Waals surface area contributed by atoms with Crippen molar-refractivity contribution < 1.29 is 24.2 Å². The van der Waals surface area contributed by atoms with Gasteiger partial charge in [0.2, 0.25) is 5.91 Å². The van der Waals surface area contributed by atoms with Crippen LogP contribution in [0.3, 0.4) is 0 Å². The van der Waals surface area contributed by atoms with Gasteiger partial charge in [0.05, 0.1) is 13.0 Å². The summed E-state index contributed by atoms with van der Waals surface area (Å²) in [5, 5.41) is 13.9. The van der Waals surface area contributed by atoms with E-state index in [4.69, 9.17) is 9.84 Å². The molecule has 2 aromatic carbocycles. The van der Waals surface area contributed by atoms with Gasteiger partial charge in [0.15, 0.2) is 0 Å². The molecule has 7 nitrogen and oxygen atoms in total. The third kappa shape index (κ3) is 7.11. The van der Waals surface area contributed by atoms with Crippen molar-refractivity contribution in [1.29, 1.82) is 0 Å². The molecule has 3 N–H and O–H groups in total. The third-order valence-electron chi connectivity index (χ3n) is 3.95. The topological polar surface area (TPSA) is 105 Å². The van der Waals surface area contributed by atoms with Gasteiger partial charge < -0.3 is 20.5 Å². The second-order valence-corrected chi connectivity index (χ2v) is 6.24. The number of para-hydroxylation sites is 1. The lowest BCUT2D eigenvalue weighted by atomic mass is 10.2. The molecule has 0 saturated heterocycles. The fraction of sp³-hybridized carbons (Fsp3) is 0.286. The van der Waals surface area contributed by atoms with Crippen LogP contribution in [0.5, 0.6) is 5.75 Å². The maximum Gasteiger partial charge on any atom is 0.305 e. The molecule has 0 heterocycles. The number of nitrogens with one attached hydrogen (secondary N) is 2. The van der Waals surface area contributed by atoms with Crippen LogP contribution in [0.2, 0.25) is 0 Å². The monoisotopic (exact) mass is 384 g/mol. The van der Waals surface area contributed by atoms with Crippen molar-refractivity contribution in [2.45, 2.75) is 26.2 Å². The molecule has 2 amide bonds. The Morgan fingerprint density at radius 1 is 1.00 bits per heavy atom. The summed E-state index contributed by atoms with van der Waals surface area (Å²) in [4.78, 5) is 34.3. The lowest BCUT2D eigenvalue weighted by Crippen LogP contribution is -2.25. The number of hydrogen-bond acceptors (Lipinski definition) is 4. The van der Waals surface area contributed by atoms with Crippen LogP contribution >= 0.6 is 0 Å². The van der Waals surface area contributed by atoms with Crippen LogP contribution in [0.4, 0.5) is 5.69 Å². The van der Waals surface area contributed by atoms with Crippen molar-refractivity contribution in [1.82, 2.24) is 5.32 Å². The summed E-state index contributed by atoms with van der Waals surface area (Å²) in [5.74, 6) is -0.637. The number of carbonyl (C=O) groups excluding carboxylic acids is 2. The molecular weight excluding hydrogens is 360 g/mol. The standard InChI is InChI=1S/C21H24N2O5/c1-15-5-2-3-6-18(15)28-14-4-7-19(24)23-17-10-8-16(9-11-17)21(27)22-13-12-20(25)26/h2-3,5-6,8-11H,4,7,12-14H2,1H3,(H,22,27)(H,23,24)(H,25,26). The molecule has 0 spiro atoms. The number of carboxylic acids is 1. The van der Waals surface area contributed by atoms with Crippen LogP contribution in [0.15, 0.2) is 48.5 Å². The minimum absolute atomic E-state index is 0.0667. The van der Waals surface area contributed by atoms with E-state index < -0.39 is 5.97 Å². The highest BCUT2D eigenvalue weighted by Crippen LogP contribution is 2.16. The molecule has 0 atom stereocenters. The first kappa shape index (κ1) is 21.0.